The van der Waals surface area contributed by atoms with Gasteiger partial charge in [-0.05, 0) is 38.5 Å². The summed E-state index contributed by atoms with van der Waals surface area (Å²) >= 11 is 4.94. The van der Waals surface area contributed by atoms with Crippen molar-refractivity contribution in [1.82, 2.24) is 4.90 Å². The van der Waals surface area contributed by atoms with E-state index in [9.17, 15) is 0 Å². The zero-order valence-corrected chi connectivity index (χ0v) is 16.5. The Hall–Kier alpha value is 1.06. The minimum absolute atomic E-state index is 0.0520. The Labute approximate surface area is 141 Å². The van der Waals surface area contributed by atoms with Gasteiger partial charge in [-0.2, -0.15) is 0 Å². The van der Waals surface area contributed by atoms with Crippen molar-refractivity contribution in [3.8, 4) is 0 Å². The van der Waals surface area contributed by atoms with Crippen molar-refractivity contribution >= 4 is 53.0 Å². The molecular formula is C14H24BI2N. The summed E-state index contributed by atoms with van der Waals surface area (Å²) in [6, 6.07) is 0.597. The Morgan fingerprint density at radius 1 is 1.22 bits per heavy atom. The van der Waals surface area contributed by atoms with Crippen LogP contribution in [-0.2, 0) is 0 Å². The van der Waals surface area contributed by atoms with E-state index in [1.54, 1.807) is 0 Å². The molecule has 18 heavy (non-hydrogen) atoms. The van der Waals surface area contributed by atoms with Gasteiger partial charge in [0.25, 0.3) is 0 Å². The second-order valence-electron chi connectivity index (χ2n) is 6.77. The molecule has 0 aromatic rings. The van der Waals surface area contributed by atoms with Crippen LogP contribution in [0.15, 0.2) is 12.3 Å². The summed E-state index contributed by atoms with van der Waals surface area (Å²) in [4.78, 5) is 2.39. The molecule has 1 aliphatic rings. The molecule has 0 unspecified atom stereocenters. The second kappa shape index (κ2) is 5.45. The second-order valence-corrected chi connectivity index (χ2v) is 12.4. The van der Waals surface area contributed by atoms with E-state index in [1.165, 1.54) is 12.8 Å². The predicted molar refractivity (Wildman–Crippen MR) is 99.0 cm³/mol. The maximum absolute atomic E-state index is 6.64. The number of nitrogens with zero attached hydrogens (tertiary/aromatic N) is 1. The lowest BCUT2D eigenvalue weighted by atomic mass is 9.71. The van der Waals surface area contributed by atoms with Crippen molar-refractivity contribution in [3.63, 3.8) is 0 Å². The van der Waals surface area contributed by atoms with E-state index < -0.39 is 0 Å². The molecular weight excluding hydrogens is 447 g/mol. The van der Waals surface area contributed by atoms with Crippen LogP contribution >= 0.6 is 45.2 Å². The minimum atomic E-state index is -0.314. The van der Waals surface area contributed by atoms with Crippen LogP contribution in [0.2, 0.25) is 0 Å². The highest BCUT2D eigenvalue weighted by Gasteiger charge is 2.43. The molecule has 0 saturated heterocycles. The highest BCUT2D eigenvalue weighted by Crippen LogP contribution is 2.43. The Morgan fingerprint density at radius 2 is 1.67 bits per heavy atom. The van der Waals surface area contributed by atoms with Gasteiger partial charge in [-0.15, -0.1) is 0 Å². The van der Waals surface area contributed by atoms with E-state index in [4.69, 9.17) is 7.85 Å². The fourth-order valence-corrected chi connectivity index (χ4v) is 3.53. The summed E-state index contributed by atoms with van der Waals surface area (Å²) in [5, 5.41) is 0. The van der Waals surface area contributed by atoms with Gasteiger partial charge in [-0.3, -0.25) is 0 Å². The quantitative estimate of drug-likeness (QED) is 0.310. The first-order valence-electron chi connectivity index (χ1n) is 6.50. The monoisotopic (exact) mass is 471 g/mol. The summed E-state index contributed by atoms with van der Waals surface area (Å²) in [6.45, 7) is 15.4. The molecule has 1 atom stereocenters. The number of allylic oxidation sites excluding steroid dienone is 1. The van der Waals surface area contributed by atoms with E-state index in [2.05, 4.69) is 91.3 Å². The molecule has 4 heteroatoms. The zero-order valence-electron chi connectivity index (χ0n) is 12.2. The maximum Gasteiger partial charge on any atom is 0.103 e. The van der Waals surface area contributed by atoms with Crippen LogP contribution in [-0.4, -0.2) is 31.1 Å². The normalized spacial score (nSPS) is 20.4. The molecule has 2 radical (unpaired) electrons. The first-order chi connectivity index (χ1) is 7.84. The number of halogens is 2. The van der Waals surface area contributed by atoms with Gasteiger partial charge in [-0.1, -0.05) is 72.5 Å². The SMILES string of the molecule is [B][C@](C)(CC(C)(C)I)N(C(=C)C(C)(C)I)C1CC1. The average molecular weight is 471 g/mol. The van der Waals surface area contributed by atoms with Crippen LogP contribution in [0.25, 0.3) is 0 Å². The lowest BCUT2D eigenvalue weighted by Gasteiger charge is -2.48. The molecule has 0 aromatic carbocycles. The first kappa shape index (κ1) is 17.1. The van der Waals surface area contributed by atoms with Gasteiger partial charge in [0.05, 0.1) is 3.42 Å². The van der Waals surface area contributed by atoms with Crippen molar-refractivity contribution in [2.24, 2.45) is 0 Å². The van der Waals surface area contributed by atoms with E-state index in [0.29, 0.717) is 6.04 Å². The molecule has 0 amide bonds. The third-order valence-corrected chi connectivity index (χ3v) is 4.22. The topological polar surface area (TPSA) is 3.24 Å². The van der Waals surface area contributed by atoms with Crippen LogP contribution in [0, 0.1) is 0 Å². The fourth-order valence-electron chi connectivity index (χ4n) is 2.50. The van der Waals surface area contributed by atoms with E-state index in [0.717, 1.165) is 12.1 Å². The molecule has 0 bridgehead atoms. The number of alkyl halides is 2. The van der Waals surface area contributed by atoms with Gasteiger partial charge >= 0.3 is 0 Å². The van der Waals surface area contributed by atoms with Gasteiger partial charge in [0.15, 0.2) is 0 Å². The molecule has 0 N–H and O–H groups in total. The number of hydrogen-bond acceptors (Lipinski definition) is 1. The maximum atomic E-state index is 6.64. The Morgan fingerprint density at radius 3 is 1.94 bits per heavy atom. The molecule has 0 aromatic heterocycles. The van der Waals surface area contributed by atoms with Crippen molar-refractivity contribution < 1.29 is 0 Å². The van der Waals surface area contributed by atoms with Crippen molar-refractivity contribution in [3.05, 3.63) is 12.3 Å². The van der Waals surface area contributed by atoms with Crippen LogP contribution in [0.4, 0.5) is 0 Å². The third kappa shape index (κ3) is 4.87. The summed E-state index contributed by atoms with van der Waals surface area (Å²) in [7, 11) is 6.64. The molecule has 0 aliphatic heterocycles. The molecule has 1 fully saturated rings. The largest absolute Gasteiger partial charge is 0.375 e. The van der Waals surface area contributed by atoms with Crippen LogP contribution < -0.4 is 0 Å². The predicted octanol–water partition coefficient (Wildman–Crippen LogP) is 4.67. The number of hydrogen-bond donors (Lipinski definition) is 0. The van der Waals surface area contributed by atoms with Crippen molar-refractivity contribution in [2.75, 3.05) is 0 Å². The fraction of sp³-hybridized carbons (Fsp3) is 0.857. The molecule has 0 spiro atoms. The summed E-state index contributed by atoms with van der Waals surface area (Å²) in [6.07, 6.45) is 3.46. The third-order valence-electron chi connectivity index (χ3n) is 3.22. The molecule has 1 saturated carbocycles. The smallest absolute Gasteiger partial charge is 0.103 e. The van der Waals surface area contributed by atoms with Gasteiger partial charge in [0.2, 0.25) is 0 Å². The Kier molecular flexibility index (Phi) is 5.18. The molecule has 1 nitrogen and oxygen atoms in total. The summed E-state index contributed by atoms with van der Waals surface area (Å²) in [5.74, 6) is 0. The molecule has 0 heterocycles. The lowest BCUT2D eigenvalue weighted by molar-refractivity contribution is 0.188. The van der Waals surface area contributed by atoms with Gasteiger partial charge in [0.1, 0.15) is 7.85 Å². The molecule has 1 aliphatic carbocycles. The summed E-state index contributed by atoms with van der Waals surface area (Å²) in [5.41, 5.74) is 0.849. The molecule has 102 valence electrons. The van der Waals surface area contributed by atoms with Crippen LogP contribution in [0.1, 0.15) is 53.9 Å². The van der Waals surface area contributed by atoms with E-state index in [-0.39, 0.29) is 12.3 Å². The van der Waals surface area contributed by atoms with Gasteiger partial charge in [0, 0.05) is 15.2 Å². The van der Waals surface area contributed by atoms with Crippen LogP contribution in [0.5, 0.6) is 0 Å². The standard InChI is InChI=1S/C14H24BI2N/c1-10(13(4,5)17)18(11-7-8-11)14(6,15)9-12(2,3)16/h11H,1,7-9H2,2-6H3/t14-/m0/s1. The minimum Gasteiger partial charge on any atom is -0.375 e. The van der Waals surface area contributed by atoms with Crippen LogP contribution in [0.3, 0.4) is 0 Å². The van der Waals surface area contributed by atoms with Gasteiger partial charge in [-0.25, -0.2) is 0 Å². The first-order valence-corrected chi connectivity index (χ1v) is 8.66. The van der Waals surface area contributed by atoms with E-state index >= 15 is 0 Å². The Balaban J connectivity index is 2.95. The lowest BCUT2D eigenvalue weighted by Crippen LogP contribution is -2.52. The van der Waals surface area contributed by atoms with E-state index in [1.807, 2.05) is 0 Å². The highest BCUT2D eigenvalue weighted by atomic mass is 127. The summed E-state index contributed by atoms with van der Waals surface area (Å²) < 4.78 is 0.250. The zero-order chi connectivity index (χ0) is 14.4. The Bertz CT molecular complexity index is 322. The van der Waals surface area contributed by atoms with Crippen molar-refractivity contribution in [1.29, 1.82) is 0 Å². The van der Waals surface area contributed by atoms with Crippen molar-refractivity contribution in [2.45, 2.75) is 72.2 Å². The number of rotatable bonds is 6. The molecule has 1 rings (SSSR count). The highest BCUT2D eigenvalue weighted by molar-refractivity contribution is 14.1. The average Bonchev–Trinajstić information content (AvgIpc) is 2.80. The van der Waals surface area contributed by atoms with Gasteiger partial charge < -0.3 is 4.90 Å².